The van der Waals surface area contributed by atoms with Crippen molar-refractivity contribution in [1.29, 1.82) is 0 Å². The predicted octanol–water partition coefficient (Wildman–Crippen LogP) is -0.138. The van der Waals surface area contributed by atoms with Crippen molar-refractivity contribution in [3.05, 3.63) is 0 Å². The average molecular weight is 214 g/mol. The van der Waals surface area contributed by atoms with Crippen molar-refractivity contribution in [1.82, 2.24) is 16.0 Å². The first-order valence-electron chi connectivity index (χ1n) is 6.25. The van der Waals surface area contributed by atoms with Gasteiger partial charge in [0.1, 0.15) is 0 Å². The van der Waals surface area contributed by atoms with Crippen molar-refractivity contribution < 1.29 is 0 Å². The van der Waals surface area contributed by atoms with Crippen LogP contribution in [0.25, 0.3) is 0 Å². The molecule has 0 aromatic carbocycles. The van der Waals surface area contributed by atoms with E-state index >= 15 is 0 Å². The van der Waals surface area contributed by atoms with Crippen LogP contribution < -0.4 is 21.7 Å². The molecule has 1 heterocycles. The minimum absolute atomic E-state index is 0.780. The van der Waals surface area contributed by atoms with Crippen molar-refractivity contribution in [2.75, 3.05) is 39.4 Å². The fourth-order valence-corrected chi connectivity index (χ4v) is 1.97. The van der Waals surface area contributed by atoms with Gasteiger partial charge in [0.15, 0.2) is 0 Å². The number of hydrogen-bond donors (Lipinski definition) is 4. The van der Waals surface area contributed by atoms with E-state index in [4.69, 9.17) is 5.73 Å². The molecule has 0 aromatic rings. The number of nitrogens with one attached hydrogen (secondary N) is 3. The first-order valence-corrected chi connectivity index (χ1v) is 6.25. The first kappa shape index (κ1) is 12.9. The maximum Gasteiger partial charge on any atom is 0.0454 e. The summed E-state index contributed by atoms with van der Waals surface area (Å²) in [4.78, 5) is 0. The minimum atomic E-state index is 0.780. The molecule has 5 N–H and O–H groups in total. The Morgan fingerprint density at radius 1 is 1.13 bits per heavy atom. The van der Waals surface area contributed by atoms with Crippen molar-refractivity contribution in [2.24, 2.45) is 11.7 Å². The van der Waals surface area contributed by atoms with Crippen LogP contribution in [0.2, 0.25) is 0 Å². The molecule has 0 unspecified atom stereocenters. The van der Waals surface area contributed by atoms with Crippen LogP contribution in [0, 0.1) is 5.92 Å². The highest BCUT2D eigenvalue weighted by Crippen LogP contribution is 2.14. The van der Waals surface area contributed by atoms with Gasteiger partial charge >= 0.3 is 0 Å². The molecule has 0 aliphatic carbocycles. The zero-order valence-electron chi connectivity index (χ0n) is 9.73. The van der Waals surface area contributed by atoms with Gasteiger partial charge in [-0.25, -0.2) is 0 Å². The summed E-state index contributed by atoms with van der Waals surface area (Å²) in [6, 6.07) is 0. The van der Waals surface area contributed by atoms with E-state index in [0.717, 1.165) is 38.6 Å². The number of nitrogens with two attached hydrogens (primary N) is 1. The summed E-state index contributed by atoms with van der Waals surface area (Å²) in [6.45, 7) is 6.28. The Bertz CT molecular complexity index is 135. The summed E-state index contributed by atoms with van der Waals surface area (Å²) in [5.74, 6) is 0.933. The highest BCUT2D eigenvalue weighted by Gasteiger charge is 2.11. The molecular weight excluding hydrogens is 188 g/mol. The Morgan fingerprint density at radius 2 is 1.87 bits per heavy atom. The van der Waals surface area contributed by atoms with Gasteiger partial charge in [-0.05, 0) is 64.3 Å². The van der Waals surface area contributed by atoms with Gasteiger partial charge in [-0.1, -0.05) is 0 Å². The summed E-state index contributed by atoms with van der Waals surface area (Å²) in [7, 11) is 0. The molecule has 4 heteroatoms. The molecule has 1 rings (SSSR count). The van der Waals surface area contributed by atoms with Gasteiger partial charge in [0.05, 0.1) is 0 Å². The highest BCUT2D eigenvalue weighted by atomic mass is 15.0. The molecule has 0 saturated carbocycles. The second kappa shape index (κ2) is 9.09. The Labute approximate surface area is 93.4 Å². The molecule has 1 aliphatic heterocycles. The maximum absolute atomic E-state index is 5.40. The number of piperidine rings is 1. The van der Waals surface area contributed by atoms with Crippen molar-refractivity contribution in [3.8, 4) is 0 Å². The lowest BCUT2D eigenvalue weighted by Gasteiger charge is -2.22. The Hall–Kier alpha value is -0.160. The molecule has 0 bridgehead atoms. The van der Waals surface area contributed by atoms with Crippen LogP contribution in [-0.2, 0) is 0 Å². The lowest BCUT2D eigenvalue weighted by Crippen LogP contribution is -2.33. The minimum Gasteiger partial charge on any atom is -0.330 e. The molecular formula is C11H26N4. The van der Waals surface area contributed by atoms with Crippen LogP contribution in [0.5, 0.6) is 0 Å². The lowest BCUT2D eigenvalue weighted by atomic mass is 9.95. The van der Waals surface area contributed by atoms with Gasteiger partial charge in [0, 0.05) is 6.67 Å². The normalized spacial score (nSPS) is 18.2. The summed E-state index contributed by atoms with van der Waals surface area (Å²) >= 11 is 0. The van der Waals surface area contributed by atoms with Gasteiger partial charge in [0.2, 0.25) is 0 Å². The molecule has 0 aromatic heterocycles. The van der Waals surface area contributed by atoms with E-state index in [1.54, 1.807) is 0 Å². The second-order valence-corrected chi connectivity index (χ2v) is 4.30. The molecule has 0 atom stereocenters. The SMILES string of the molecule is NCCCNCNCCC1CCNCC1. The fourth-order valence-electron chi connectivity index (χ4n) is 1.97. The Balaban J connectivity index is 1.79. The molecule has 90 valence electrons. The van der Waals surface area contributed by atoms with Crippen LogP contribution in [0.4, 0.5) is 0 Å². The highest BCUT2D eigenvalue weighted by molar-refractivity contribution is 4.69. The van der Waals surface area contributed by atoms with E-state index in [0.29, 0.717) is 0 Å². The first-order chi connectivity index (χ1) is 7.43. The fraction of sp³-hybridized carbons (Fsp3) is 1.00. The monoisotopic (exact) mass is 214 g/mol. The van der Waals surface area contributed by atoms with Crippen LogP contribution in [0.1, 0.15) is 25.7 Å². The lowest BCUT2D eigenvalue weighted by molar-refractivity contribution is 0.346. The molecule has 4 nitrogen and oxygen atoms in total. The molecule has 0 radical (unpaired) electrons. The molecule has 0 amide bonds. The molecule has 0 spiro atoms. The van der Waals surface area contributed by atoms with Crippen molar-refractivity contribution in [2.45, 2.75) is 25.7 Å². The Morgan fingerprint density at radius 3 is 2.60 bits per heavy atom. The van der Waals surface area contributed by atoms with Gasteiger partial charge in [-0.3, -0.25) is 0 Å². The Kier molecular flexibility index (Phi) is 7.83. The quantitative estimate of drug-likeness (QED) is 0.335. The zero-order valence-corrected chi connectivity index (χ0v) is 9.73. The van der Waals surface area contributed by atoms with Gasteiger partial charge in [-0.15, -0.1) is 0 Å². The van der Waals surface area contributed by atoms with E-state index in [1.807, 2.05) is 0 Å². The van der Waals surface area contributed by atoms with Crippen LogP contribution in [-0.4, -0.2) is 39.4 Å². The van der Waals surface area contributed by atoms with Crippen LogP contribution in [0.3, 0.4) is 0 Å². The molecule has 1 aliphatic rings. The van der Waals surface area contributed by atoms with Gasteiger partial charge < -0.3 is 21.7 Å². The molecule has 1 fully saturated rings. The summed E-state index contributed by atoms with van der Waals surface area (Å²) in [5.41, 5.74) is 5.40. The van der Waals surface area contributed by atoms with E-state index < -0.39 is 0 Å². The summed E-state index contributed by atoms with van der Waals surface area (Å²) in [5, 5.41) is 10.1. The average Bonchev–Trinajstić information content (AvgIpc) is 2.29. The number of rotatable bonds is 8. The van der Waals surface area contributed by atoms with Crippen LogP contribution in [0.15, 0.2) is 0 Å². The summed E-state index contributed by atoms with van der Waals surface area (Å²) in [6.07, 6.45) is 5.08. The smallest absolute Gasteiger partial charge is 0.0454 e. The third kappa shape index (κ3) is 6.84. The second-order valence-electron chi connectivity index (χ2n) is 4.30. The van der Waals surface area contributed by atoms with E-state index in [1.165, 1.54) is 32.4 Å². The van der Waals surface area contributed by atoms with Gasteiger partial charge in [-0.2, -0.15) is 0 Å². The topological polar surface area (TPSA) is 62.1 Å². The molecule has 15 heavy (non-hydrogen) atoms. The predicted molar refractivity (Wildman–Crippen MR) is 64.8 cm³/mol. The zero-order chi connectivity index (χ0) is 10.8. The van der Waals surface area contributed by atoms with Gasteiger partial charge in [0.25, 0.3) is 0 Å². The number of hydrogen-bond acceptors (Lipinski definition) is 4. The largest absolute Gasteiger partial charge is 0.330 e. The van der Waals surface area contributed by atoms with Crippen LogP contribution >= 0.6 is 0 Å². The third-order valence-corrected chi connectivity index (χ3v) is 3.00. The van der Waals surface area contributed by atoms with E-state index in [-0.39, 0.29) is 0 Å². The van der Waals surface area contributed by atoms with E-state index in [9.17, 15) is 0 Å². The molecule has 1 saturated heterocycles. The standard InChI is InChI=1S/C11H26N4/c12-5-1-6-14-10-15-9-4-11-2-7-13-8-3-11/h11,13-15H,1-10,12H2. The van der Waals surface area contributed by atoms with Crippen molar-refractivity contribution in [3.63, 3.8) is 0 Å². The van der Waals surface area contributed by atoms with E-state index in [2.05, 4.69) is 16.0 Å². The summed E-state index contributed by atoms with van der Waals surface area (Å²) < 4.78 is 0. The van der Waals surface area contributed by atoms with Crippen molar-refractivity contribution >= 4 is 0 Å². The maximum atomic E-state index is 5.40. The third-order valence-electron chi connectivity index (χ3n) is 3.00.